The molecule has 3 N–H and O–H groups in total. The fourth-order valence-corrected chi connectivity index (χ4v) is 3.31. The van der Waals surface area contributed by atoms with Crippen molar-refractivity contribution in [3.05, 3.63) is 59.7 Å². The number of hydrogen-bond acceptors (Lipinski definition) is 4. The van der Waals surface area contributed by atoms with E-state index < -0.39 is 5.97 Å². The molecular weight excluding hydrogens is 342 g/mol. The number of likely N-dealkylation sites (tertiary alicyclic amines) is 1. The quantitative estimate of drug-likeness (QED) is 0.731. The van der Waals surface area contributed by atoms with Gasteiger partial charge in [-0.15, -0.1) is 0 Å². The zero-order valence-corrected chi connectivity index (χ0v) is 15.7. The van der Waals surface area contributed by atoms with Gasteiger partial charge in [0.1, 0.15) is 0 Å². The Hall–Kier alpha value is -2.86. The third kappa shape index (κ3) is 4.65. The Morgan fingerprint density at radius 2 is 1.85 bits per heavy atom. The van der Waals surface area contributed by atoms with Gasteiger partial charge in [0, 0.05) is 24.3 Å². The molecule has 0 aromatic heterocycles. The summed E-state index contributed by atoms with van der Waals surface area (Å²) in [4.78, 5) is 25.7. The first-order chi connectivity index (χ1) is 12.9. The summed E-state index contributed by atoms with van der Waals surface area (Å²) in [5.74, 6) is -0.945. The Morgan fingerprint density at radius 3 is 2.56 bits per heavy atom. The number of nitrogens with zero attached hydrogens (tertiary/aromatic N) is 1. The van der Waals surface area contributed by atoms with E-state index in [0.29, 0.717) is 18.7 Å². The molecule has 1 fully saturated rings. The zero-order valence-electron chi connectivity index (χ0n) is 15.7. The maximum absolute atomic E-state index is 13.1. The van der Waals surface area contributed by atoms with E-state index in [2.05, 4.69) is 10.6 Å². The first kappa shape index (κ1) is 18.9. The summed E-state index contributed by atoms with van der Waals surface area (Å²) in [5, 5.41) is 15.3. The maximum atomic E-state index is 13.1. The van der Waals surface area contributed by atoms with Crippen LogP contribution < -0.4 is 10.6 Å². The smallest absolute Gasteiger partial charge is 0.317 e. The molecular formula is C21H25N3O3. The van der Waals surface area contributed by atoms with Crippen LogP contribution in [0.5, 0.6) is 0 Å². The number of nitrogens with one attached hydrogen (secondary N) is 2. The van der Waals surface area contributed by atoms with Crippen molar-refractivity contribution in [2.45, 2.75) is 25.8 Å². The number of carbonyl (C=O) groups excluding carboxylic acids is 1. The minimum Gasteiger partial charge on any atom is -0.480 e. The van der Waals surface area contributed by atoms with E-state index in [1.165, 1.54) is 5.56 Å². The predicted molar refractivity (Wildman–Crippen MR) is 105 cm³/mol. The van der Waals surface area contributed by atoms with Crippen molar-refractivity contribution in [3.63, 3.8) is 0 Å². The van der Waals surface area contributed by atoms with Gasteiger partial charge in [0.25, 0.3) is 5.91 Å². The highest BCUT2D eigenvalue weighted by molar-refractivity contribution is 6.00. The molecule has 1 amide bonds. The van der Waals surface area contributed by atoms with E-state index in [0.717, 1.165) is 17.8 Å². The largest absolute Gasteiger partial charge is 0.480 e. The van der Waals surface area contributed by atoms with Gasteiger partial charge >= 0.3 is 5.97 Å². The fraction of sp³-hybridized carbons (Fsp3) is 0.333. The molecule has 1 heterocycles. The Morgan fingerprint density at radius 1 is 1.15 bits per heavy atom. The third-order valence-corrected chi connectivity index (χ3v) is 4.91. The average molecular weight is 367 g/mol. The van der Waals surface area contributed by atoms with Crippen LogP contribution in [0.15, 0.2) is 48.5 Å². The second-order valence-corrected chi connectivity index (χ2v) is 7.32. The van der Waals surface area contributed by atoms with E-state index in [-0.39, 0.29) is 18.0 Å². The Balaban J connectivity index is 1.74. The lowest BCUT2D eigenvalue weighted by molar-refractivity contribution is -0.136. The number of carboxylic acids is 1. The van der Waals surface area contributed by atoms with Gasteiger partial charge in [-0.05, 0) is 44.5 Å². The number of rotatable bonds is 6. The summed E-state index contributed by atoms with van der Waals surface area (Å²) in [6.07, 6.45) is 0.722. The second-order valence-electron chi connectivity index (χ2n) is 7.32. The molecule has 1 atom stereocenters. The summed E-state index contributed by atoms with van der Waals surface area (Å²) in [7, 11) is 0. The van der Waals surface area contributed by atoms with E-state index in [9.17, 15) is 9.59 Å². The maximum Gasteiger partial charge on any atom is 0.317 e. The monoisotopic (exact) mass is 367 g/mol. The molecule has 0 bridgehead atoms. The van der Waals surface area contributed by atoms with Crippen LogP contribution >= 0.6 is 0 Å². The molecule has 0 aliphatic carbocycles. The lowest BCUT2D eigenvalue weighted by Gasteiger charge is -2.26. The van der Waals surface area contributed by atoms with E-state index in [1.54, 1.807) is 4.90 Å². The number of aliphatic carboxylic acids is 1. The van der Waals surface area contributed by atoms with Crippen molar-refractivity contribution in [1.82, 2.24) is 10.2 Å². The van der Waals surface area contributed by atoms with Crippen LogP contribution in [0, 0.1) is 6.92 Å². The van der Waals surface area contributed by atoms with Gasteiger partial charge in [-0.3, -0.25) is 14.9 Å². The standard InChI is InChI=1S/C21H25N3O3/c1-15-7-9-16(10-8-15)23-18-6-4-3-5-17(18)20(27)24-12-11-21(2,14-24)22-13-19(25)26/h3-10,22-23H,11-14H2,1-2H3,(H,25,26). The van der Waals surface area contributed by atoms with Crippen molar-refractivity contribution in [2.24, 2.45) is 0 Å². The van der Waals surface area contributed by atoms with Crippen LogP contribution in [0.2, 0.25) is 0 Å². The molecule has 142 valence electrons. The van der Waals surface area contributed by atoms with E-state index in [4.69, 9.17) is 5.11 Å². The number of benzene rings is 2. The molecule has 0 saturated carbocycles. The van der Waals surface area contributed by atoms with Crippen molar-refractivity contribution in [3.8, 4) is 0 Å². The molecule has 2 aromatic rings. The average Bonchev–Trinajstić information content (AvgIpc) is 3.05. The molecule has 1 aliphatic rings. The minimum absolute atomic E-state index is 0.0499. The van der Waals surface area contributed by atoms with E-state index in [1.807, 2.05) is 62.4 Å². The van der Waals surface area contributed by atoms with Crippen LogP contribution in [-0.4, -0.2) is 47.1 Å². The first-order valence-electron chi connectivity index (χ1n) is 9.05. The SMILES string of the molecule is Cc1ccc(Nc2ccccc2C(=O)N2CCC(C)(NCC(=O)O)C2)cc1. The second kappa shape index (κ2) is 7.80. The molecule has 6 nitrogen and oxygen atoms in total. The van der Waals surface area contributed by atoms with Gasteiger partial charge < -0.3 is 15.3 Å². The molecule has 6 heteroatoms. The van der Waals surface area contributed by atoms with Crippen LogP contribution in [0.25, 0.3) is 0 Å². The Bertz CT molecular complexity index is 835. The van der Waals surface area contributed by atoms with Crippen molar-refractivity contribution < 1.29 is 14.7 Å². The topological polar surface area (TPSA) is 81.7 Å². The van der Waals surface area contributed by atoms with Crippen LogP contribution in [0.4, 0.5) is 11.4 Å². The third-order valence-electron chi connectivity index (χ3n) is 4.91. The number of anilines is 2. The van der Waals surface area contributed by atoms with Crippen molar-refractivity contribution in [2.75, 3.05) is 25.0 Å². The number of carboxylic acid groups (broad SMARTS) is 1. The van der Waals surface area contributed by atoms with Gasteiger partial charge in [0.15, 0.2) is 0 Å². The lowest BCUT2D eigenvalue weighted by atomic mass is 10.0. The summed E-state index contributed by atoms with van der Waals surface area (Å²) < 4.78 is 0. The van der Waals surface area contributed by atoms with Gasteiger partial charge in [-0.2, -0.15) is 0 Å². The van der Waals surface area contributed by atoms with Crippen LogP contribution in [-0.2, 0) is 4.79 Å². The van der Waals surface area contributed by atoms with Crippen LogP contribution in [0.3, 0.4) is 0 Å². The molecule has 1 aliphatic heterocycles. The number of para-hydroxylation sites is 1. The summed E-state index contributed by atoms with van der Waals surface area (Å²) >= 11 is 0. The molecule has 0 radical (unpaired) electrons. The molecule has 2 aromatic carbocycles. The highest BCUT2D eigenvalue weighted by Crippen LogP contribution is 2.27. The van der Waals surface area contributed by atoms with Gasteiger partial charge in [0.05, 0.1) is 17.8 Å². The van der Waals surface area contributed by atoms with E-state index >= 15 is 0 Å². The number of aryl methyl sites for hydroxylation is 1. The Labute approximate surface area is 159 Å². The molecule has 1 unspecified atom stereocenters. The highest BCUT2D eigenvalue weighted by atomic mass is 16.4. The van der Waals surface area contributed by atoms with Crippen molar-refractivity contribution >= 4 is 23.3 Å². The van der Waals surface area contributed by atoms with Gasteiger partial charge in [-0.25, -0.2) is 0 Å². The molecule has 1 saturated heterocycles. The van der Waals surface area contributed by atoms with Crippen molar-refractivity contribution in [1.29, 1.82) is 0 Å². The zero-order chi connectivity index (χ0) is 19.4. The number of hydrogen-bond donors (Lipinski definition) is 3. The molecule has 0 spiro atoms. The normalized spacial score (nSPS) is 19.1. The summed E-state index contributed by atoms with van der Waals surface area (Å²) in [6.45, 7) is 4.96. The van der Waals surface area contributed by atoms with Gasteiger partial charge in [0.2, 0.25) is 0 Å². The summed E-state index contributed by atoms with van der Waals surface area (Å²) in [5.41, 5.74) is 3.09. The number of carbonyl (C=O) groups is 2. The fourth-order valence-electron chi connectivity index (χ4n) is 3.31. The Kier molecular flexibility index (Phi) is 5.46. The summed E-state index contributed by atoms with van der Waals surface area (Å²) in [6, 6.07) is 15.5. The van der Waals surface area contributed by atoms with Crippen LogP contribution in [0.1, 0.15) is 29.3 Å². The van der Waals surface area contributed by atoms with Gasteiger partial charge in [-0.1, -0.05) is 29.8 Å². The molecule has 3 rings (SSSR count). The lowest BCUT2D eigenvalue weighted by Crippen LogP contribution is -2.47. The molecule has 27 heavy (non-hydrogen) atoms. The minimum atomic E-state index is -0.895. The highest BCUT2D eigenvalue weighted by Gasteiger charge is 2.36. The number of amides is 1. The first-order valence-corrected chi connectivity index (χ1v) is 9.05. The predicted octanol–water partition coefficient (Wildman–Crippen LogP) is 3.02.